The molecule has 1 fully saturated rings. The van der Waals surface area contributed by atoms with E-state index in [1.807, 2.05) is 6.07 Å². The molecule has 3 N–H and O–H groups in total. The van der Waals surface area contributed by atoms with Gasteiger partial charge >= 0.3 is 11.9 Å². The highest BCUT2D eigenvalue weighted by molar-refractivity contribution is 5.94. The fourth-order valence-electron chi connectivity index (χ4n) is 4.17. The number of aliphatic carboxylic acids is 2. The fraction of sp³-hybridized carbons (Fsp3) is 0.310. The zero-order chi connectivity index (χ0) is 28.9. The fourth-order valence-corrected chi connectivity index (χ4v) is 4.17. The molecule has 0 unspecified atom stereocenters. The van der Waals surface area contributed by atoms with Crippen molar-refractivity contribution in [3.63, 3.8) is 0 Å². The third-order valence-electron chi connectivity index (χ3n) is 6.33. The highest BCUT2D eigenvalue weighted by atomic mass is 16.5. The number of Topliss-reactive ketones (excluding diaryl/α,β-unsaturated/α-hetero) is 1. The van der Waals surface area contributed by atoms with Gasteiger partial charge in [-0.25, -0.2) is 9.59 Å². The number of hydrogen-bond acceptors (Lipinski definition) is 8. The number of aromatic nitrogens is 2. The van der Waals surface area contributed by atoms with E-state index in [1.54, 1.807) is 24.3 Å². The molecule has 2 aromatic carbocycles. The summed E-state index contributed by atoms with van der Waals surface area (Å²) in [6, 6.07) is 17.4. The minimum absolute atomic E-state index is 0.0102. The van der Waals surface area contributed by atoms with Crippen LogP contribution in [0.5, 0.6) is 0 Å². The molecule has 0 aliphatic carbocycles. The Morgan fingerprint density at radius 2 is 1.60 bits per heavy atom. The Balaban J connectivity index is 0.000000482. The average Bonchev–Trinajstić information content (AvgIpc) is 3.44. The van der Waals surface area contributed by atoms with Gasteiger partial charge < -0.3 is 20.1 Å². The molecule has 0 saturated carbocycles. The lowest BCUT2D eigenvalue weighted by molar-refractivity contribution is -0.134. The zero-order valence-corrected chi connectivity index (χ0v) is 22.2. The first-order valence-corrected chi connectivity index (χ1v) is 12.8. The summed E-state index contributed by atoms with van der Waals surface area (Å²) in [6.07, 6.45) is 4.35. The maximum atomic E-state index is 12.4. The number of rotatable bonds is 10. The SMILES string of the molecule is CC(=O)c1ccc(-c2nc(C(=O)NCCC3CCN(Cc4ccccc4)CC3)no2)cc1.O=C(O)C=CC(=O)O. The Morgan fingerprint density at radius 3 is 2.17 bits per heavy atom. The number of ketones is 1. The van der Waals surface area contributed by atoms with Crippen molar-refractivity contribution < 1.29 is 33.9 Å². The first kappa shape index (κ1) is 29.9. The van der Waals surface area contributed by atoms with Crippen LogP contribution in [-0.4, -0.2) is 68.5 Å². The van der Waals surface area contributed by atoms with Gasteiger partial charge in [-0.1, -0.05) is 47.6 Å². The molecule has 1 aliphatic heterocycles. The Morgan fingerprint density at radius 1 is 0.975 bits per heavy atom. The van der Waals surface area contributed by atoms with Crippen LogP contribution in [0.15, 0.2) is 71.3 Å². The molecular formula is C29H32N4O7. The quantitative estimate of drug-likeness (QED) is 0.251. The van der Waals surface area contributed by atoms with Crippen molar-refractivity contribution in [3.05, 3.63) is 83.7 Å². The van der Waals surface area contributed by atoms with Gasteiger partial charge in [0.25, 0.3) is 17.6 Å². The summed E-state index contributed by atoms with van der Waals surface area (Å²) in [6.45, 7) is 5.29. The van der Waals surface area contributed by atoms with Crippen molar-refractivity contribution in [2.45, 2.75) is 32.7 Å². The third-order valence-corrected chi connectivity index (χ3v) is 6.33. The Bertz CT molecular complexity index is 1300. The van der Waals surface area contributed by atoms with Crippen LogP contribution in [0.2, 0.25) is 0 Å². The summed E-state index contributed by atoms with van der Waals surface area (Å²) in [7, 11) is 0. The number of benzene rings is 2. The summed E-state index contributed by atoms with van der Waals surface area (Å²) in [5.41, 5.74) is 2.63. The summed E-state index contributed by atoms with van der Waals surface area (Å²) < 4.78 is 5.22. The van der Waals surface area contributed by atoms with Gasteiger partial charge in [0, 0.05) is 36.4 Å². The van der Waals surface area contributed by atoms with Gasteiger partial charge in [-0.05, 0) is 62.9 Å². The van der Waals surface area contributed by atoms with E-state index >= 15 is 0 Å². The van der Waals surface area contributed by atoms with Gasteiger partial charge in [-0.15, -0.1) is 0 Å². The van der Waals surface area contributed by atoms with Crippen molar-refractivity contribution in [3.8, 4) is 11.5 Å². The first-order chi connectivity index (χ1) is 19.2. The summed E-state index contributed by atoms with van der Waals surface area (Å²) in [5.74, 6) is -1.96. The minimum atomic E-state index is -1.26. The van der Waals surface area contributed by atoms with Gasteiger partial charge in [0.15, 0.2) is 5.78 Å². The van der Waals surface area contributed by atoms with Crippen LogP contribution in [-0.2, 0) is 16.1 Å². The second kappa shape index (κ2) is 15.1. The monoisotopic (exact) mass is 548 g/mol. The number of carboxylic acids is 2. The summed E-state index contributed by atoms with van der Waals surface area (Å²) >= 11 is 0. The van der Waals surface area contributed by atoms with Gasteiger partial charge in [-0.3, -0.25) is 14.5 Å². The molecule has 0 radical (unpaired) electrons. The number of hydrogen-bond donors (Lipinski definition) is 3. The van der Waals surface area contributed by atoms with Gasteiger partial charge in [-0.2, -0.15) is 4.98 Å². The molecule has 210 valence electrons. The molecule has 40 heavy (non-hydrogen) atoms. The lowest BCUT2D eigenvalue weighted by Crippen LogP contribution is -2.35. The summed E-state index contributed by atoms with van der Waals surface area (Å²) in [4.78, 5) is 49.6. The number of nitrogens with one attached hydrogen (secondary N) is 1. The second-order valence-electron chi connectivity index (χ2n) is 9.32. The second-order valence-corrected chi connectivity index (χ2v) is 9.32. The largest absolute Gasteiger partial charge is 0.478 e. The highest BCUT2D eigenvalue weighted by Crippen LogP contribution is 2.22. The predicted molar refractivity (Wildman–Crippen MR) is 146 cm³/mol. The van der Waals surface area contributed by atoms with Crippen LogP contribution < -0.4 is 5.32 Å². The van der Waals surface area contributed by atoms with Gasteiger partial charge in [0.2, 0.25) is 0 Å². The number of carbonyl (C=O) groups excluding carboxylic acids is 2. The van der Waals surface area contributed by atoms with Gasteiger partial charge in [0.1, 0.15) is 0 Å². The van der Waals surface area contributed by atoms with E-state index in [4.69, 9.17) is 14.7 Å². The lowest BCUT2D eigenvalue weighted by atomic mass is 9.93. The molecule has 0 spiro atoms. The van der Waals surface area contributed by atoms with Crippen molar-refractivity contribution >= 4 is 23.6 Å². The van der Waals surface area contributed by atoms with Crippen molar-refractivity contribution in [2.75, 3.05) is 19.6 Å². The lowest BCUT2D eigenvalue weighted by Gasteiger charge is -2.32. The molecule has 1 saturated heterocycles. The predicted octanol–water partition coefficient (Wildman–Crippen LogP) is 3.68. The average molecular weight is 549 g/mol. The standard InChI is InChI=1S/C25H28N4O3.C4H4O4/c1-18(30)21-7-9-22(10-8-21)25-27-23(28-32-25)24(31)26-14-11-19-12-15-29(16-13-19)17-20-5-3-2-4-6-20;5-3(6)1-2-4(7)8/h2-10,19H,11-17H2,1H3,(H,26,31);1-2H,(H,5,6)(H,7,8). The number of likely N-dealkylation sites (tertiary alicyclic amines) is 1. The Kier molecular flexibility index (Phi) is 11.3. The molecule has 0 bridgehead atoms. The van der Waals surface area contributed by atoms with Crippen LogP contribution >= 0.6 is 0 Å². The normalized spacial score (nSPS) is 13.8. The number of carboxylic acid groups (broad SMARTS) is 2. The van der Waals surface area contributed by atoms with E-state index in [0.717, 1.165) is 38.9 Å². The van der Waals surface area contributed by atoms with E-state index in [2.05, 4.69) is 44.6 Å². The first-order valence-electron chi connectivity index (χ1n) is 12.8. The molecular weight excluding hydrogens is 516 g/mol. The number of amides is 1. The maximum absolute atomic E-state index is 12.4. The van der Waals surface area contributed by atoms with Crippen LogP contribution in [0, 0.1) is 5.92 Å². The van der Waals surface area contributed by atoms with Crippen LogP contribution in [0.1, 0.15) is 52.7 Å². The molecule has 1 amide bonds. The molecule has 1 aliphatic rings. The number of piperidine rings is 1. The molecule has 11 nitrogen and oxygen atoms in total. The van der Waals surface area contributed by atoms with Crippen LogP contribution in [0.25, 0.3) is 11.5 Å². The van der Waals surface area contributed by atoms with E-state index in [-0.39, 0.29) is 23.4 Å². The molecule has 1 aromatic heterocycles. The van der Waals surface area contributed by atoms with E-state index in [0.29, 0.717) is 35.7 Å². The van der Waals surface area contributed by atoms with E-state index in [1.165, 1.54) is 12.5 Å². The molecule has 4 rings (SSSR count). The van der Waals surface area contributed by atoms with Crippen molar-refractivity contribution in [2.24, 2.45) is 5.92 Å². The number of nitrogens with zero attached hydrogens (tertiary/aromatic N) is 3. The third kappa shape index (κ3) is 9.91. The van der Waals surface area contributed by atoms with Crippen LogP contribution in [0.3, 0.4) is 0 Å². The Hall–Kier alpha value is -4.64. The Labute approximate surface area is 231 Å². The zero-order valence-electron chi connectivity index (χ0n) is 22.2. The summed E-state index contributed by atoms with van der Waals surface area (Å²) in [5, 5.41) is 22.3. The van der Waals surface area contributed by atoms with E-state index in [9.17, 15) is 19.2 Å². The molecule has 0 atom stereocenters. The molecule has 11 heteroatoms. The minimum Gasteiger partial charge on any atom is -0.478 e. The number of carbonyl (C=O) groups is 4. The topological polar surface area (TPSA) is 163 Å². The van der Waals surface area contributed by atoms with Crippen molar-refractivity contribution in [1.82, 2.24) is 20.4 Å². The maximum Gasteiger partial charge on any atom is 0.328 e. The molecule has 2 heterocycles. The molecule has 3 aromatic rings. The van der Waals surface area contributed by atoms with Crippen molar-refractivity contribution in [1.29, 1.82) is 0 Å². The highest BCUT2D eigenvalue weighted by Gasteiger charge is 2.20. The smallest absolute Gasteiger partial charge is 0.328 e. The van der Waals surface area contributed by atoms with Crippen LogP contribution in [0.4, 0.5) is 0 Å². The van der Waals surface area contributed by atoms with E-state index < -0.39 is 11.9 Å². The van der Waals surface area contributed by atoms with Gasteiger partial charge in [0.05, 0.1) is 0 Å².